The molecule has 1 aromatic heterocycles. The highest BCUT2D eigenvalue weighted by molar-refractivity contribution is 5.15. The summed E-state index contributed by atoms with van der Waals surface area (Å²) >= 11 is 0. The first kappa shape index (κ1) is 8.97. The fraction of sp³-hybridized carbons (Fsp3) is 0.556. The van der Waals surface area contributed by atoms with Crippen LogP contribution in [0.1, 0.15) is 26.5 Å². The van der Waals surface area contributed by atoms with Crippen LogP contribution in [-0.2, 0) is 0 Å². The van der Waals surface area contributed by atoms with E-state index < -0.39 is 0 Å². The second-order valence-corrected chi connectivity index (χ2v) is 3.66. The normalized spacial score (nSPS) is 11.3. The Bertz CT molecular complexity index is 265. The fourth-order valence-corrected chi connectivity index (χ4v) is 0.785. The number of aromatic nitrogens is 2. The van der Waals surface area contributed by atoms with Gasteiger partial charge >= 0.3 is 0 Å². The van der Waals surface area contributed by atoms with E-state index in [1.165, 1.54) is 0 Å². The summed E-state index contributed by atoms with van der Waals surface area (Å²) in [6.07, 6.45) is 3.29. The van der Waals surface area contributed by atoms with Gasteiger partial charge in [0.2, 0.25) is 5.88 Å². The zero-order valence-corrected chi connectivity index (χ0v) is 7.96. The number of ether oxygens (including phenoxy) is 1. The van der Waals surface area contributed by atoms with Crippen LogP contribution >= 0.6 is 0 Å². The predicted octanol–water partition coefficient (Wildman–Crippen LogP) is 1.96. The molecular formula is C9H14N2O. The van der Waals surface area contributed by atoms with Gasteiger partial charge in [0.15, 0.2) is 0 Å². The lowest BCUT2D eigenvalue weighted by Gasteiger charge is -2.20. The van der Waals surface area contributed by atoms with Crippen molar-refractivity contribution in [2.75, 3.05) is 0 Å². The van der Waals surface area contributed by atoms with Crippen LogP contribution < -0.4 is 4.74 Å². The predicted molar refractivity (Wildman–Crippen MR) is 47.2 cm³/mol. The van der Waals surface area contributed by atoms with Gasteiger partial charge in [-0.15, -0.1) is 0 Å². The molecule has 0 aromatic carbocycles. The van der Waals surface area contributed by atoms with E-state index in [4.69, 9.17) is 4.74 Å². The summed E-state index contributed by atoms with van der Waals surface area (Å²) in [6.45, 7) is 7.84. The minimum atomic E-state index is -0.208. The Balaban J connectivity index is 2.83. The number of hydrogen-bond acceptors (Lipinski definition) is 3. The highest BCUT2D eigenvalue weighted by Gasteiger charge is 2.14. The Morgan fingerprint density at radius 2 is 1.75 bits per heavy atom. The molecule has 0 unspecified atom stereocenters. The topological polar surface area (TPSA) is 35.0 Å². The van der Waals surface area contributed by atoms with E-state index in [9.17, 15) is 0 Å². The standard InChI is InChI=1S/C9H14N2O/c1-7-8(11-6-5-10-7)12-9(2,3)4/h5-6H,1-4H3. The molecule has 0 bridgehead atoms. The first-order valence-electron chi connectivity index (χ1n) is 3.96. The molecule has 3 nitrogen and oxygen atoms in total. The number of hydrogen-bond donors (Lipinski definition) is 0. The van der Waals surface area contributed by atoms with Crippen molar-refractivity contribution in [2.24, 2.45) is 0 Å². The lowest BCUT2D eigenvalue weighted by molar-refractivity contribution is 0.122. The molecule has 0 N–H and O–H groups in total. The van der Waals surface area contributed by atoms with E-state index in [2.05, 4.69) is 9.97 Å². The summed E-state index contributed by atoms with van der Waals surface area (Å²) in [5.41, 5.74) is 0.619. The number of rotatable bonds is 1. The van der Waals surface area contributed by atoms with E-state index in [1.807, 2.05) is 27.7 Å². The van der Waals surface area contributed by atoms with Crippen LogP contribution in [0.25, 0.3) is 0 Å². The second-order valence-electron chi connectivity index (χ2n) is 3.66. The molecule has 0 spiro atoms. The quantitative estimate of drug-likeness (QED) is 0.639. The molecule has 1 aromatic rings. The Morgan fingerprint density at radius 3 is 2.25 bits per heavy atom. The van der Waals surface area contributed by atoms with Gasteiger partial charge in [-0.3, -0.25) is 4.98 Å². The SMILES string of the molecule is Cc1nccnc1OC(C)(C)C. The Kier molecular flexibility index (Phi) is 2.31. The first-order chi connectivity index (χ1) is 5.49. The maximum absolute atomic E-state index is 5.56. The average molecular weight is 166 g/mol. The monoisotopic (exact) mass is 166 g/mol. The van der Waals surface area contributed by atoms with Gasteiger partial charge in [-0.05, 0) is 27.7 Å². The minimum absolute atomic E-state index is 0.208. The van der Waals surface area contributed by atoms with E-state index in [-0.39, 0.29) is 5.60 Å². The molecule has 0 atom stereocenters. The molecule has 0 radical (unpaired) electrons. The average Bonchev–Trinajstić information content (AvgIpc) is 1.91. The Labute approximate surface area is 72.8 Å². The molecule has 0 saturated heterocycles. The molecule has 0 amide bonds. The van der Waals surface area contributed by atoms with Crippen molar-refractivity contribution in [3.8, 4) is 5.88 Å². The molecule has 0 saturated carbocycles. The highest BCUT2D eigenvalue weighted by Crippen LogP contribution is 2.16. The van der Waals surface area contributed by atoms with Crippen LogP contribution in [0.2, 0.25) is 0 Å². The van der Waals surface area contributed by atoms with Crippen molar-refractivity contribution in [3.63, 3.8) is 0 Å². The van der Waals surface area contributed by atoms with Gasteiger partial charge < -0.3 is 4.74 Å². The highest BCUT2D eigenvalue weighted by atomic mass is 16.5. The van der Waals surface area contributed by atoms with Gasteiger partial charge in [0, 0.05) is 12.4 Å². The number of nitrogens with zero attached hydrogens (tertiary/aromatic N) is 2. The molecular weight excluding hydrogens is 152 g/mol. The van der Waals surface area contributed by atoms with E-state index in [0.29, 0.717) is 5.88 Å². The molecule has 3 heteroatoms. The largest absolute Gasteiger partial charge is 0.471 e. The first-order valence-corrected chi connectivity index (χ1v) is 3.96. The van der Waals surface area contributed by atoms with Crippen LogP contribution in [0.5, 0.6) is 5.88 Å². The molecule has 0 aliphatic heterocycles. The van der Waals surface area contributed by atoms with Gasteiger partial charge in [0.05, 0.1) is 5.69 Å². The van der Waals surface area contributed by atoms with Crippen molar-refractivity contribution in [3.05, 3.63) is 18.1 Å². The zero-order chi connectivity index (χ0) is 9.19. The van der Waals surface area contributed by atoms with Gasteiger partial charge in [0.1, 0.15) is 5.60 Å². The zero-order valence-electron chi connectivity index (χ0n) is 7.96. The summed E-state index contributed by atoms with van der Waals surface area (Å²) in [5.74, 6) is 0.616. The maximum atomic E-state index is 5.56. The number of aryl methyl sites for hydroxylation is 1. The molecule has 0 aliphatic rings. The third kappa shape index (κ3) is 2.49. The van der Waals surface area contributed by atoms with Crippen LogP contribution in [0, 0.1) is 6.92 Å². The van der Waals surface area contributed by atoms with E-state index in [1.54, 1.807) is 12.4 Å². The molecule has 1 heterocycles. The van der Waals surface area contributed by atoms with Crippen molar-refractivity contribution in [2.45, 2.75) is 33.3 Å². The van der Waals surface area contributed by atoms with E-state index >= 15 is 0 Å². The van der Waals surface area contributed by atoms with Gasteiger partial charge in [-0.1, -0.05) is 0 Å². The van der Waals surface area contributed by atoms with Gasteiger partial charge in [-0.2, -0.15) is 0 Å². The molecule has 12 heavy (non-hydrogen) atoms. The van der Waals surface area contributed by atoms with Gasteiger partial charge in [0.25, 0.3) is 0 Å². The van der Waals surface area contributed by atoms with Crippen LogP contribution in [0.3, 0.4) is 0 Å². The minimum Gasteiger partial charge on any atom is -0.471 e. The molecule has 1 rings (SSSR count). The summed E-state index contributed by atoms with van der Waals surface area (Å²) in [5, 5.41) is 0. The smallest absolute Gasteiger partial charge is 0.235 e. The van der Waals surface area contributed by atoms with Gasteiger partial charge in [-0.25, -0.2) is 4.98 Å². The Hall–Kier alpha value is -1.12. The maximum Gasteiger partial charge on any atom is 0.235 e. The van der Waals surface area contributed by atoms with Crippen LogP contribution in [-0.4, -0.2) is 15.6 Å². The lowest BCUT2D eigenvalue weighted by Crippen LogP contribution is -2.24. The summed E-state index contributed by atoms with van der Waals surface area (Å²) in [7, 11) is 0. The molecule has 0 aliphatic carbocycles. The second kappa shape index (κ2) is 3.09. The third-order valence-corrected chi connectivity index (χ3v) is 1.24. The summed E-state index contributed by atoms with van der Waals surface area (Å²) < 4.78 is 5.56. The summed E-state index contributed by atoms with van der Waals surface area (Å²) in [6, 6.07) is 0. The molecule has 66 valence electrons. The van der Waals surface area contributed by atoms with Crippen molar-refractivity contribution in [1.29, 1.82) is 0 Å². The van der Waals surface area contributed by atoms with E-state index in [0.717, 1.165) is 5.69 Å². The Morgan fingerprint density at radius 1 is 1.17 bits per heavy atom. The van der Waals surface area contributed by atoms with Crippen LogP contribution in [0.15, 0.2) is 12.4 Å². The van der Waals surface area contributed by atoms with Crippen molar-refractivity contribution >= 4 is 0 Å². The third-order valence-electron chi connectivity index (χ3n) is 1.24. The summed E-state index contributed by atoms with van der Waals surface area (Å²) in [4.78, 5) is 8.15. The molecule has 0 fully saturated rings. The van der Waals surface area contributed by atoms with Crippen molar-refractivity contribution < 1.29 is 4.74 Å². The lowest BCUT2D eigenvalue weighted by atomic mass is 10.2. The fourth-order valence-electron chi connectivity index (χ4n) is 0.785. The van der Waals surface area contributed by atoms with Crippen LogP contribution in [0.4, 0.5) is 0 Å². The van der Waals surface area contributed by atoms with Crippen molar-refractivity contribution in [1.82, 2.24) is 9.97 Å².